The van der Waals surface area contributed by atoms with Crippen LogP contribution in [0.15, 0.2) is 48.5 Å². The van der Waals surface area contributed by atoms with Crippen LogP contribution in [0.3, 0.4) is 0 Å². The summed E-state index contributed by atoms with van der Waals surface area (Å²) in [6, 6.07) is 15.0. The number of anilines is 1. The van der Waals surface area contributed by atoms with Gasteiger partial charge in [0.25, 0.3) is 11.8 Å². The fourth-order valence-electron chi connectivity index (χ4n) is 3.76. The smallest absolute Gasteiger partial charge is 0.326 e. The number of hydrogen-bond acceptors (Lipinski definition) is 4. The number of nitrogens with one attached hydrogen (secondary N) is 1. The fourth-order valence-corrected chi connectivity index (χ4v) is 3.76. The van der Waals surface area contributed by atoms with Crippen LogP contribution in [0, 0.1) is 0 Å². The Labute approximate surface area is 183 Å². The highest BCUT2D eigenvalue weighted by molar-refractivity contribution is 6.00. The molecule has 0 saturated carbocycles. The molecule has 1 heterocycles. The molecule has 0 radical (unpaired) electrons. The first-order chi connectivity index (χ1) is 14.6. The minimum absolute atomic E-state index is 0.00169. The first-order valence-electron chi connectivity index (χ1n) is 10.6. The predicted molar refractivity (Wildman–Crippen MR) is 120 cm³/mol. The van der Waals surface area contributed by atoms with Crippen LogP contribution in [0.5, 0.6) is 0 Å². The standard InChI is InChI=1S/C25H30N2O4/c1-16-14-19-8-6-7-9-21(19)27(16)24(30)17(2)31-22(28)15-26-23(29)18-10-12-20(13-11-18)25(3,4)5/h6-13,16-17H,14-15H2,1-5H3,(H,26,29)/t16-,17-/m1/s1. The Morgan fingerprint density at radius 3 is 2.39 bits per heavy atom. The number of carbonyl (C=O) groups is 3. The van der Waals surface area contributed by atoms with Gasteiger partial charge in [-0.25, -0.2) is 0 Å². The van der Waals surface area contributed by atoms with Gasteiger partial charge in [-0.3, -0.25) is 14.4 Å². The van der Waals surface area contributed by atoms with Gasteiger partial charge in [0, 0.05) is 17.3 Å². The SMILES string of the molecule is C[C@@H]1Cc2ccccc2N1C(=O)[C@@H](C)OC(=O)CNC(=O)c1ccc(C(C)(C)C)cc1. The van der Waals surface area contributed by atoms with E-state index in [-0.39, 0.29) is 29.8 Å². The van der Waals surface area contributed by atoms with E-state index >= 15 is 0 Å². The third-order valence-corrected chi connectivity index (χ3v) is 5.51. The highest BCUT2D eigenvalue weighted by atomic mass is 16.5. The Morgan fingerprint density at radius 2 is 1.74 bits per heavy atom. The summed E-state index contributed by atoms with van der Waals surface area (Å²) in [7, 11) is 0. The topological polar surface area (TPSA) is 75.7 Å². The van der Waals surface area contributed by atoms with Crippen LogP contribution in [0.25, 0.3) is 0 Å². The Kier molecular flexibility index (Phi) is 6.48. The van der Waals surface area contributed by atoms with Crippen LogP contribution in [-0.2, 0) is 26.2 Å². The van der Waals surface area contributed by atoms with E-state index in [0.717, 1.165) is 23.2 Å². The molecule has 6 nitrogen and oxygen atoms in total. The molecular weight excluding hydrogens is 392 g/mol. The number of ether oxygens (including phenoxy) is 1. The molecule has 6 heteroatoms. The Bertz CT molecular complexity index is 976. The lowest BCUT2D eigenvalue weighted by Gasteiger charge is -2.26. The first-order valence-corrected chi connectivity index (χ1v) is 10.6. The van der Waals surface area contributed by atoms with E-state index in [1.165, 1.54) is 0 Å². The van der Waals surface area contributed by atoms with Gasteiger partial charge >= 0.3 is 5.97 Å². The average Bonchev–Trinajstić information content (AvgIpc) is 3.06. The van der Waals surface area contributed by atoms with Crippen molar-refractivity contribution in [1.29, 1.82) is 0 Å². The minimum atomic E-state index is -0.941. The van der Waals surface area contributed by atoms with Gasteiger partial charge in [-0.05, 0) is 55.0 Å². The summed E-state index contributed by atoms with van der Waals surface area (Å²) in [6.07, 6.45) is -0.170. The van der Waals surface area contributed by atoms with Crippen molar-refractivity contribution >= 4 is 23.5 Å². The van der Waals surface area contributed by atoms with E-state index in [0.29, 0.717) is 5.56 Å². The van der Waals surface area contributed by atoms with Gasteiger partial charge < -0.3 is 15.0 Å². The molecule has 0 unspecified atom stereocenters. The number of fused-ring (bicyclic) bond motifs is 1. The highest BCUT2D eigenvalue weighted by Crippen LogP contribution is 2.32. The van der Waals surface area contributed by atoms with Gasteiger partial charge in [-0.15, -0.1) is 0 Å². The van der Waals surface area contributed by atoms with Crippen LogP contribution >= 0.6 is 0 Å². The Balaban J connectivity index is 1.53. The third kappa shape index (κ3) is 5.13. The quantitative estimate of drug-likeness (QED) is 0.747. The van der Waals surface area contributed by atoms with Crippen LogP contribution in [0.1, 0.15) is 56.1 Å². The maximum absolute atomic E-state index is 12.9. The molecule has 0 aliphatic carbocycles. The number of benzene rings is 2. The van der Waals surface area contributed by atoms with E-state index in [1.54, 1.807) is 24.0 Å². The third-order valence-electron chi connectivity index (χ3n) is 5.51. The zero-order chi connectivity index (χ0) is 22.8. The summed E-state index contributed by atoms with van der Waals surface area (Å²) >= 11 is 0. The van der Waals surface area contributed by atoms with E-state index in [4.69, 9.17) is 4.74 Å². The zero-order valence-electron chi connectivity index (χ0n) is 18.8. The van der Waals surface area contributed by atoms with Crippen molar-refractivity contribution in [3.63, 3.8) is 0 Å². The van der Waals surface area contributed by atoms with E-state index < -0.39 is 12.1 Å². The molecule has 2 atom stereocenters. The number of nitrogens with zero attached hydrogens (tertiary/aromatic N) is 1. The summed E-state index contributed by atoms with van der Waals surface area (Å²) in [5, 5.41) is 2.56. The number of para-hydroxylation sites is 1. The molecule has 1 aliphatic rings. The van der Waals surface area contributed by atoms with Crippen LogP contribution in [0.2, 0.25) is 0 Å². The fraction of sp³-hybridized carbons (Fsp3) is 0.400. The molecule has 1 N–H and O–H groups in total. The number of amides is 2. The lowest BCUT2D eigenvalue weighted by atomic mass is 9.87. The molecular formula is C25H30N2O4. The van der Waals surface area contributed by atoms with Gasteiger partial charge in [-0.2, -0.15) is 0 Å². The molecule has 2 aromatic rings. The molecule has 2 aromatic carbocycles. The molecule has 0 saturated heterocycles. The molecule has 0 spiro atoms. The number of esters is 1. The Hall–Kier alpha value is -3.15. The zero-order valence-corrected chi connectivity index (χ0v) is 18.8. The maximum Gasteiger partial charge on any atom is 0.326 e. The molecule has 0 aromatic heterocycles. The van der Waals surface area contributed by atoms with Crippen molar-refractivity contribution in [1.82, 2.24) is 5.32 Å². The average molecular weight is 423 g/mol. The second-order valence-corrected chi connectivity index (χ2v) is 9.03. The van der Waals surface area contributed by atoms with Crippen molar-refractivity contribution < 1.29 is 19.1 Å². The molecule has 31 heavy (non-hydrogen) atoms. The molecule has 3 rings (SSSR count). The van der Waals surface area contributed by atoms with Crippen molar-refractivity contribution in [3.05, 3.63) is 65.2 Å². The monoisotopic (exact) mass is 422 g/mol. The van der Waals surface area contributed by atoms with Gasteiger partial charge in [0.2, 0.25) is 0 Å². The lowest BCUT2D eigenvalue weighted by molar-refractivity contribution is -0.152. The molecule has 1 aliphatic heterocycles. The lowest BCUT2D eigenvalue weighted by Crippen LogP contribution is -2.44. The highest BCUT2D eigenvalue weighted by Gasteiger charge is 2.34. The summed E-state index contributed by atoms with van der Waals surface area (Å²) in [5.41, 5.74) is 3.54. The second-order valence-electron chi connectivity index (χ2n) is 9.03. The Morgan fingerprint density at radius 1 is 1.10 bits per heavy atom. The van der Waals surface area contributed by atoms with Gasteiger partial charge in [0.15, 0.2) is 6.10 Å². The molecule has 0 fully saturated rings. The van der Waals surface area contributed by atoms with Crippen LogP contribution in [-0.4, -0.2) is 36.5 Å². The summed E-state index contributed by atoms with van der Waals surface area (Å²) < 4.78 is 5.29. The largest absolute Gasteiger partial charge is 0.451 e. The van der Waals surface area contributed by atoms with E-state index in [9.17, 15) is 14.4 Å². The first kappa shape index (κ1) is 22.5. The normalized spacial score (nSPS) is 16.4. The number of carbonyl (C=O) groups excluding carboxylic acids is 3. The van der Waals surface area contributed by atoms with Crippen LogP contribution < -0.4 is 10.2 Å². The van der Waals surface area contributed by atoms with E-state index in [1.807, 2.05) is 43.3 Å². The summed E-state index contributed by atoms with van der Waals surface area (Å²) in [6.45, 7) is 9.52. The predicted octanol–water partition coefficient (Wildman–Crippen LogP) is 3.62. The van der Waals surface area contributed by atoms with Crippen molar-refractivity contribution in [2.45, 2.75) is 58.6 Å². The van der Waals surface area contributed by atoms with E-state index in [2.05, 4.69) is 26.1 Å². The molecule has 2 amide bonds. The molecule has 0 bridgehead atoms. The van der Waals surface area contributed by atoms with Crippen molar-refractivity contribution in [3.8, 4) is 0 Å². The van der Waals surface area contributed by atoms with Crippen LogP contribution in [0.4, 0.5) is 5.69 Å². The van der Waals surface area contributed by atoms with Gasteiger partial charge in [-0.1, -0.05) is 51.1 Å². The summed E-state index contributed by atoms with van der Waals surface area (Å²) in [5.74, 6) is -1.28. The summed E-state index contributed by atoms with van der Waals surface area (Å²) in [4.78, 5) is 39.1. The van der Waals surface area contributed by atoms with Gasteiger partial charge in [0.1, 0.15) is 6.54 Å². The van der Waals surface area contributed by atoms with Crippen molar-refractivity contribution in [2.75, 3.05) is 11.4 Å². The minimum Gasteiger partial charge on any atom is -0.451 e. The number of rotatable bonds is 5. The van der Waals surface area contributed by atoms with Gasteiger partial charge in [0.05, 0.1) is 0 Å². The maximum atomic E-state index is 12.9. The van der Waals surface area contributed by atoms with Crippen molar-refractivity contribution in [2.24, 2.45) is 0 Å². The number of hydrogen-bond donors (Lipinski definition) is 1. The molecule has 164 valence electrons. The second kappa shape index (κ2) is 8.92.